The number of phenols is 1. The van der Waals surface area contributed by atoms with Crippen molar-refractivity contribution in [2.45, 2.75) is 31.0 Å². The lowest BCUT2D eigenvalue weighted by Crippen LogP contribution is -2.63. The maximum Gasteiger partial charge on any atom is 0.255 e. The normalized spacial score (nSPS) is 25.2. The highest BCUT2D eigenvalue weighted by Crippen LogP contribution is 2.54. The van der Waals surface area contributed by atoms with E-state index in [0.717, 1.165) is 12.1 Å². The molecular formula is C32H38N4O7. The Labute approximate surface area is 250 Å². The molecule has 2 aromatic carbocycles. The van der Waals surface area contributed by atoms with Gasteiger partial charge in [-0.15, -0.1) is 0 Å². The number of hydrogen-bond donors (Lipinski definition) is 5. The van der Waals surface area contributed by atoms with Gasteiger partial charge in [-0.3, -0.25) is 19.3 Å². The third kappa shape index (κ3) is 4.50. The molecule has 4 unspecified atom stereocenters. The molecule has 5 rings (SSSR count). The van der Waals surface area contributed by atoms with Crippen LogP contribution in [0.25, 0.3) is 11.1 Å². The van der Waals surface area contributed by atoms with Crippen LogP contribution in [0.5, 0.6) is 5.75 Å². The second-order valence-electron chi connectivity index (χ2n) is 12.4. The van der Waals surface area contributed by atoms with Gasteiger partial charge < -0.3 is 36.0 Å². The molecule has 3 aliphatic carbocycles. The maximum atomic E-state index is 14.2. The number of benzene rings is 2. The number of carbonyl (C=O) groups excluding carboxylic acids is 3. The predicted molar refractivity (Wildman–Crippen MR) is 161 cm³/mol. The van der Waals surface area contributed by atoms with Crippen LogP contribution in [-0.2, 0) is 22.6 Å². The van der Waals surface area contributed by atoms with Gasteiger partial charge in [0.15, 0.2) is 11.4 Å². The first-order valence-electron chi connectivity index (χ1n) is 14.1. The molecule has 6 N–H and O–H groups in total. The molecule has 0 saturated heterocycles. The molecule has 0 radical (unpaired) electrons. The Bertz CT molecular complexity index is 1610. The van der Waals surface area contributed by atoms with E-state index in [2.05, 4.69) is 0 Å². The van der Waals surface area contributed by atoms with E-state index in [-0.39, 0.29) is 29.7 Å². The molecule has 0 fully saturated rings. The molecule has 43 heavy (non-hydrogen) atoms. The molecule has 228 valence electrons. The number of primary amides is 1. The minimum absolute atomic E-state index is 0.0145. The van der Waals surface area contributed by atoms with E-state index in [0.29, 0.717) is 22.4 Å². The number of carbonyl (C=O) groups is 3. The summed E-state index contributed by atoms with van der Waals surface area (Å²) in [5, 5.41) is 46.0. The van der Waals surface area contributed by atoms with Crippen LogP contribution >= 0.6 is 0 Å². The van der Waals surface area contributed by atoms with Gasteiger partial charge in [-0.05, 0) is 69.7 Å². The van der Waals surface area contributed by atoms with Crippen molar-refractivity contribution in [3.05, 3.63) is 69.7 Å². The first-order valence-corrected chi connectivity index (χ1v) is 14.1. The van der Waals surface area contributed by atoms with Crippen molar-refractivity contribution >= 4 is 23.2 Å². The summed E-state index contributed by atoms with van der Waals surface area (Å²) in [5.41, 5.74) is 5.17. The van der Waals surface area contributed by atoms with E-state index < -0.39 is 58.0 Å². The number of allylic oxidation sites excluding steroid dienone is 1. The van der Waals surface area contributed by atoms with E-state index in [1.165, 1.54) is 4.90 Å². The number of aromatic hydroxyl groups is 1. The smallest absolute Gasteiger partial charge is 0.255 e. The summed E-state index contributed by atoms with van der Waals surface area (Å²) in [4.78, 5) is 45.4. The SMILES string of the molecule is CN(C)Cc1ccc(-c2cc(N(C)C)c3c(c2O)C(=O)C2=C(O)C4(O)C(=O)C(C(N)=O)=C(O)C(N(C)C)C4CC2C3)cc1. The number of Topliss-reactive ketones (excluding diaryl/α,β-unsaturated/α-hetero) is 2. The average Bonchev–Trinajstić information content (AvgIpc) is 2.90. The molecule has 0 aromatic heterocycles. The molecule has 11 heteroatoms. The molecule has 0 bridgehead atoms. The monoisotopic (exact) mass is 590 g/mol. The average molecular weight is 591 g/mol. The number of rotatable bonds is 6. The molecule has 2 aromatic rings. The molecule has 4 atom stereocenters. The van der Waals surface area contributed by atoms with Crippen LogP contribution < -0.4 is 10.6 Å². The zero-order chi connectivity index (χ0) is 31.7. The van der Waals surface area contributed by atoms with E-state index >= 15 is 0 Å². The van der Waals surface area contributed by atoms with Gasteiger partial charge in [-0.2, -0.15) is 0 Å². The first-order chi connectivity index (χ1) is 20.1. The third-order valence-corrected chi connectivity index (χ3v) is 8.94. The number of aliphatic hydroxyl groups is 3. The van der Waals surface area contributed by atoms with Crippen molar-refractivity contribution in [3.8, 4) is 16.9 Å². The number of phenolic OH excluding ortho intramolecular Hbond substituents is 1. The Hall–Kier alpha value is -4.19. The van der Waals surface area contributed by atoms with Gasteiger partial charge in [0, 0.05) is 43.4 Å². The van der Waals surface area contributed by atoms with Crippen molar-refractivity contribution in [2.24, 2.45) is 17.6 Å². The van der Waals surface area contributed by atoms with Crippen molar-refractivity contribution in [1.29, 1.82) is 0 Å². The summed E-state index contributed by atoms with van der Waals surface area (Å²) in [6.07, 6.45) is 0.256. The lowest BCUT2D eigenvalue weighted by molar-refractivity contribution is -0.148. The summed E-state index contributed by atoms with van der Waals surface area (Å²) >= 11 is 0. The van der Waals surface area contributed by atoms with Crippen molar-refractivity contribution < 1.29 is 34.8 Å². The summed E-state index contributed by atoms with van der Waals surface area (Å²) in [5.74, 6) is -6.68. The van der Waals surface area contributed by atoms with Crippen LogP contribution in [0.4, 0.5) is 5.69 Å². The Balaban J connectivity index is 1.70. The van der Waals surface area contributed by atoms with Crippen LogP contribution in [0.2, 0.25) is 0 Å². The fraction of sp³-hybridized carbons (Fsp3) is 0.406. The van der Waals surface area contributed by atoms with Crippen LogP contribution in [0.3, 0.4) is 0 Å². The van der Waals surface area contributed by atoms with E-state index in [9.17, 15) is 34.8 Å². The number of amides is 1. The zero-order valence-electron chi connectivity index (χ0n) is 25.2. The van der Waals surface area contributed by atoms with Crippen molar-refractivity contribution in [1.82, 2.24) is 9.80 Å². The molecule has 3 aliphatic rings. The molecule has 0 aliphatic heterocycles. The van der Waals surface area contributed by atoms with Crippen molar-refractivity contribution in [2.75, 3.05) is 47.2 Å². The summed E-state index contributed by atoms with van der Waals surface area (Å²) in [6.45, 7) is 0.731. The lowest BCUT2D eigenvalue weighted by Gasteiger charge is -2.50. The number of fused-ring (bicyclic) bond motifs is 3. The third-order valence-electron chi connectivity index (χ3n) is 8.94. The highest BCUT2D eigenvalue weighted by molar-refractivity contribution is 6.25. The minimum Gasteiger partial charge on any atom is -0.510 e. The standard InChI is InChI=1S/C32H38N4O7/c1-34(2)14-15-7-9-16(10-8-15)18-13-21(35(3)4)19-11-17-12-20-25(36(5)6)28(39)24(31(33)42)30(41)32(20,43)29(40)22(17)27(38)23(19)26(18)37/h7-10,13,17,20,25,37,39-40,43H,11-12,14H2,1-6H3,(H2,33,42). The molecule has 11 nitrogen and oxygen atoms in total. The fourth-order valence-corrected chi connectivity index (χ4v) is 7.07. The predicted octanol–water partition coefficient (Wildman–Crippen LogP) is 1.92. The number of likely N-dealkylation sites (N-methyl/N-ethyl adjacent to an activating group) is 1. The number of nitrogens with zero attached hydrogens (tertiary/aromatic N) is 3. The van der Waals surface area contributed by atoms with Crippen LogP contribution in [0.1, 0.15) is 27.9 Å². The van der Waals surface area contributed by atoms with Gasteiger partial charge in [-0.25, -0.2) is 0 Å². The van der Waals surface area contributed by atoms with Gasteiger partial charge in [0.25, 0.3) is 5.91 Å². The number of ketones is 2. The topological polar surface area (TPSA) is 168 Å². The zero-order valence-corrected chi connectivity index (χ0v) is 25.2. The highest BCUT2D eigenvalue weighted by atomic mass is 16.3. The van der Waals surface area contributed by atoms with E-state index in [1.54, 1.807) is 14.1 Å². The first kappa shape index (κ1) is 30.3. The highest BCUT2D eigenvalue weighted by Gasteiger charge is 2.63. The second kappa shape index (κ2) is 10.5. The maximum absolute atomic E-state index is 14.2. The van der Waals surface area contributed by atoms with Gasteiger partial charge >= 0.3 is 0 Å². The van der Waals surface area contributed by atoms with Crippen LogP contribution in [-0.4, -0.2) is 102 Å². The van der Waals surface area contributed by atoms with Crippen LogP contribution in [0.15, 0.2) is 53.0 Å². The number of aliphatic hydroxyl groups excluding tert-OH is 2. The Kier molecular flexibility index (Phi) is 7.40. The largest absolute Gasteiger partial charge is 0.510 e. The summed E-state index contributed by atoms with van der Waals surface area (Å²) in [6, 6.07) is 8.42. The molecule has 0 saturated carbocycles. The quantitative estimate of drug-likeness (QED) is 0.314. The van der Waals surface area contributed by atoms with Crippen molar-refractivity contribution in [3.63, 3.8) is 0 Å². The molecule has 0 spiro atoms. The number of anilines is 1. The Morgan fingerprint density at radius 2 is 1.65 bits per heavy atom. The van der Waals surface area contributed by atoms with Gasteiger partial charge in [-0.1, -0.05) is 24.3 Å². The lowest BCUT2D eigenvalue weighted by atomic mass is 9.58. The minimum atomic E-state index is -2.68. The molecule has 1 amide bonds. The van der Waals surface area contributed by atoms with E-state index in [1.807, 2.05) is 68.3 Å². The van der Waals surface area contributed by atoms with E-state index in [4.69, 9.17) is 5.73 Å². The number of nitrogens with two attached hydrogens (primary N) is 1. The number of hydrogen-bond acceptors (Lipinski definition) is 10. The van der Waals surface area contributed by atoms with Gasteiger partial charge in [0.05, 0.1) is 11.6 Å². The Morgan fingerprint density at radius 3 is 2.19 bits per heavy atom. The van der Waals surface area contributed by atoms with Gasteiger partial charge in [0.1, 0.15) is 22.8 Å². The van der Waals surface area contributed by atoms with Crippen LogP contribution in [0, 0.1) is 11.8 Å². The second-order valence-corrected chi connectivity index (χ2v) is 12.4. The Morgan fingerprint density at radius 1 is 1.02 bits per heavy atom. The summed E-state index contributed by atoms with van der Waals surface area (Å²) < 4.78 is 0. The fourth-order valence-electron chi connectivity index (χ4n) is 7.07. The van der Waals surface area contributed by atoms with Gasteiger partial charge in [0.2, 0.25) is 5.78 Å². The summed E-state index contributed by atoms with van der Waals surface area (Å²) in [7, 11) is 10.8. The molecule has 0 heterocycles. The molecular weight excluding hydrogens is 552 g/mol.